The number of thioether (sulfide) groups is 1. The van der Waals surface area contributed by atoms with Crippen LogP contribution in [0.1, 0.15) is 52.9 Å². The lowest BCUT2D eigenvalue weighted by atomic mass is 10.1. The van der Waals surface area contributed by atoms with Crippen LogP contribution >= 0.6 is 24.4 Å². The summed E-state index contributed by atoms with van der Waals surface area (Å²) in [5.41, 5.74) is 0. The highest BCUT2D eigenvalue weighted by Gasteiger charge is 2.43. The van der Waals surface area contributed by atoms with E-state index in [9.17, 15) is 0 Å². The van der Waals surface area contributed by atoms with Crippen molar-refractivity contribution in [2.24, 2.45) is 0 Å². The summed E-state index contributed by atoms with van der Waals surface area (Å²) in [5.74, 6) is 0. The SMILES string of the molecule is CCCCOC1C(OCCCC)[C@@H](CC)S[C@H]1S. The third-order valence-electron chi connectivity index (χ3n) is 3.30. The number of thiol groups is 1. The fraction of sp³-hybridized carbons (Fsp3) is 1.00. The van der Waals surface area contributed by atoms with E-state index < -0.39 is 0 Å². The van der Waals surface area contributed by atoms with Crippen LogP contribution in [0.3, 0.4) is 0 Å². The van der Waals surface area contributed by atoms with Crippen molar-refractivity contribution in [3.8, 4) is 0 Å². The van der Waals surface area contributed by atoms with E-state index in [0.717, 1.165) is 32.5 Å². The van der Waals surface area contributed by atoms with Crippen LogP contribution < -0.4 is 0 Å². The van der Waals surface area contributed by atoms with Gasteiger partial charge in [-0.25, -0.2) is 0 Å². The zero-order chi connectivity index (χ0) is 13.4. The second-order valence-corrected chi connectivity index (χ2v) is 7.14. The second kappa shape index (κ2) is 9.51. The maximum Gasteiger partial charge on any atom is 0.105 e. The molecule has 4 atom stereocenters. The molecule has 0 aromatic heterocycles. The maximum absolute atomic E-state index is 6.07. The van der Waals surface area contributed by atoms with Crippen molar-refractivity contribution in [2.45, 2.75) is 74.9 Å². The van der Waals surface area contributed by atoms with Crippen LogP contribution in [-0.4, -0.2) is 35.3 Å². The number of hydrogen-bond donors (Lipinski definition) is 1. The quantitative estimate of drug-likeness (QED) is 0.509. The first-order chi connectivity index (χ1) is 8.74. The Kier molecular flexibility index (Phi) is 8.81. The van der Waals surface area contributed by atoms with E-state index in [-0.39, 0.29) is 16.8 Å². The summed E-state index contributed by atoms with van der Waals surface area (Å²) in [4.78, 5) is 0. The van der Waals surface area contributed by atoms with E-state index >= 15 is 0 Å². The molecule has 1 fully saturated rings. The van der Waals surface area contributed by atoms with Crippen molar-refractivity contribution < 1.29 is 9.47 Å². The molecule has 1 aliphatic rings. The number of rotatable bonds is 9. The van der Waals surface area contributed by atoms with Crippen LogP contribution in [0.15, 0.2) is 0 Å². The minimum absolute atomic E-state index is 0.159. The molecule has 0 radical (unpaired) electrons. The molecule has 4 heteroatoms. The second-order valence-electron chi connectivity index (χ2n) is 4.85. The average molecular weight is 293 g/mol. The van der Waals surface area contributed by atoms with E-state index in [2.05, 4.69) is 33.4 Å². The predicted molar refractivity (Wildman–Crippen MR) is 83.7 cm³/mol. The van der Waals surface area contributed by atoms with E-state index in [1.165, 1.54) is 12.8 Å². The molecule has 0 bridgehead atoms. The van der Waals surface area contributed by atoms with Crippen molar-refractivity contribution in [2.75, 3.05) is 13.2 Å². The third kappa shape index (κ3) is 4.95. The molecule has 0 aliphatic carbocycles. The zero-order valence-electron chi connectivity index (χ0n) is 11.9. The van der Waals surface area contributed by atoms with Gasteiger partial charge in [-0.05, 0) is 19.3 Å². The highest BCUT2D eigenvalue weighted by molar-refractivity contribution is 8.11. The van der Waals surface area contributed by atoms with Crippen LogP contribution in [0, 0.1) is 0 Å². The van der Waals surface area contributed by atoms with Crippen molar-refractivity contribution in [3.63, 3.8) is 0 Å². The largest absolute Gasteiger partial charge is 0.374 e. The van der Waals surface area contributed by atoms with Crippen molar-refractivity contribution in [1.29, 1.82) is 0 Å². The molecule has 18 heavy (non-hydrogen) atoms. The van der Waals surface area contributed by atoms with Crippen molar-refractivity contribution in [3.05, 3.63) is 0 Å². The summed E-state index contributed by atoms with van der Waals surface area (Å²) in [6.45, 7) is 8.30. The average Bonchev–Trinajstić information content (AvgIpc) is 2.67. The van der Waals surface area contributed by atoms with E-state index in [0.29, 0.717) is 5.25 Å². The van der Waals surface area contributed by atoms with Gasteiger partial charge in [0.2, 0.25) is 0 Å². The van der Waals surface area contributed by atoms with Crippen molar-refractivity contribution in [1.82, 2.24) is 0 Å². The van der Waals surface area contributed by atoms with Gasteiger partial charge in [-0.3, -0.25) is 0 Å². The fourth-order valence-electron chi connectivity index (χ4n) is 2.14. The molecule has 0 N–H and O–H groups in total. The minimum atomic E-state index is 0.159. The first-order valence-electron chi connectivity index (χ1n) is 7.31. The number of unbranched alkanes of at least 4 members (excludes halogenated alkanes) is 2. The summed E-state index contributed by atoms with van der Waals surface area (Å²) < 4.78 is 12.3. The maximum atomic E-state index is 6.07. The highest BCUT2D eigenvalue weighted by atomic mass is 32.2. The van der Waals surface area contributed by atoms with Gasteiger partial charge in [-0.1, -0.05) is 33.6 Å². The molecule has 1 aliphatic heterocycles. The topological polar surface area (TPSA) is 18.5 Å². The molecule has 0 aromatic rings. The Balaban J connectivity index is 2.47. The first kappa shape index (κ1) is 16.7. The fourth-order valence-corrected chi connectivity index (χ4v) is 4.20. The van der Waals surface area contributed by atoms with Gasteiger partial charge in [0.05, 0.1) is 10.7 Å². The zero-order valence-corrected chi connectivity index (χ0v) is 13.6. The molecule has 0 saturated carbocycles. The predicted octanol–water partition coefficient (Wildman–Crippen LogP) is 4.14. The van der Waals surface area contributed by atoms with Crippen LogP contribution in [0.5, 0.6) is 0 Å². The Bertz CT molecular complexity index is 214. The van der Waals surface area contributed by atoms with Gasteiger partial charge in [0.15, 0.2) is 0 Å². The molecule has 1 heterocycles. The van der Waals surface area contributed by atoms with Gasteiger partial charge < -0.3 is 9.47 Å². The standard InChI is InChI=1S/C14H28O2S2/c1-4-7-9-15-12-11(6-3)18-14(17)13(12)16-10-8-5-2/h11-14,17H,4-10H2,1-3H3/t11-,12?,13?,14-/m1/s1. The van der Waals surface area contributed by atoms with Gasteiger partial charge in [-0.15, -0.1) is 11.8 Å². The number of ether oxygens (including phenoxy) is 2. The monoisotopic (exact) mass is 292 g/mol. The summed E-state index contributed by atoms with van der Waals surface area (Å²) in [6, 6.07) is 0. The Hall–Kier alpha value is 0.620. The molecule has 1 rings (SSSR count). The van der Waals surface area contributed by atoms with Gasteiger partial charge >= 0.3 is 0 Å². The van der Waals surface area contributed by atoms with Crippen LogP contribution in [-0.2, 0) is 9.47 Å². The van der Waals surface area contributed by atoms with Crippen LogP contribution in [0.25, 0.3) is 0 Å². The number of hydrogen-bond acceptors (Lipinski definition) is 4. The van der Waals surface area contributed by atoms with Gasteiger partial charge in [0, 0.05) is 18.5 Å². The molecule has 2 unspecified atom stereocenters. The van der Waals surface area contributed by atoms with E-state index in [1.54, 1.807) is 0 Å². The summed E-state index contributed by atoms with van der Waals surface area (Å²) in [6.07, 6.45) is 6.14. The van der Waals surface area contributed by atoms with Crippen LogP contribution in [0.4, 0.5) is 0 Å². The first-order valence-corrected chi connectivity index (χ1v) is 8.77. The minimum Gasteiger partial charge on any atom is -0.374 e. The molecule has 2 nitrogen and oxygen atoms in total. The summed E-state index contributed by atoms with van der Waals surface area (Å²) in [5, 5.41) is 0.538. The van der Waals surface area contributed by atoms with E-state index in [1.807, 2.05) is 11.8 Å². The van der Waals surface area contributed by atoms with Gasteiger partial charge in [0.1, 0.15) is 6.10 Å². The Labute approximate surface area is 122 Å². The molecule has 1 saturated heterocycles. The normalized spacial score (nSPS) is 32.0. The molecule has 0 spiro atoms. The van der Waals surface area contributed by atoms with Crippen LogP contribution in [0.2, 0.25) is 0 Å². The molecular weight excluding hydrogens is 264 g/mol. The Morgan fingerprint density at radius 1 is 0.944 bits per heavy atom. The lowest BCUT2D eigenvalue weighted by Gasteiger charge is -2.25. The molecule has 108 valence electrons. The van der Waals surface area contributed by atoms with Crippen molar-refractivity contribution >= 4 is 24.4 Å². The summed E-state index contributed by atoms with van der Waals surface area (Å²) in [7, 11) is 0. The summed E-state index contributed by atoms with van der Waals surface area (Å²) >= 11 is 6.58. The Morgan fingerprint density at radius 3 is 2.00 bits per heavy atom. The third-order valence-corrected chi connectivity index (χ3v) is 5.46. The van der Waals surface area contributed by atoms with E-state index in [4.69, 9.17) is 9.47 Å². The van der Waals surface area contributed by atoms with Gasteiger partial charge in [0.25, 0.3) is 0 Å². The lowest BCUT2D eigenvalue weighted by Crippen LogP contribution is -2.36. The lowest BCUT2D eigenvalue weighted by molar-refractivity contribution is -0.0609. The molecular formula is C14H28O2S2. The Morgan fingerprint density at radius 2 is 1.50 bits per heavy atom. The smallest absolute Gasteiger partial charge is 0.105 e. The molecule has 0 amide bonds. The van der Waals surface area contributed by atoms with Gasteiger partial charge in [-0.2, -0.15) is 12.6 Å². The highest BCUT2D eigenvalue weighted by Crippen LogP contribution is 2.41. The molecule has 0 aromatic carbocycles.